The minimum absolute atomic E-state index is 0.752. The smallest absolute Gasteiger partial charge is 0.165 e. The lowest BCUT2D eigenvalue weighted by molar-refractivity contribution is -0.178. The van der Waals surface area contributed by atoms with Crippen molar-refractivity contribution in [2.24, 2.45) is 0 Å². The van der Waals surface area contributed by atoms with Crippen LogP contribution in [0, 0.1) is 13.8 Å². The molecule has 1 aromatic rings. The van der Waals surface area contributed by atoms with Crippen LogP contribution in [0.5, 0.6) is 5.75 Å². The first-order chi connectivity index (χ1) is 6.19. The molecular weight excluding hydrogens is 232 g/mol. The van der Waals surface area contributed by atoms with E-state index in [-0.39, 0.29) is 0 Å². The Morgan fingerprint density at radius 3 is 2.15 bits per heavy atom. The van der Waals surface area contributed by atoms with E-state index in [0.29, 0.717) is 0 Å². The lowest BCUT2D eigenvalue weighted by atomic mass is 10.0. The van der Waals surface area contributed by atoms with Crippen molar-refractivity contribution >= 4 is 15.9 Å². The molecule has 13 heavy (non-hydrogen) atoms. The van der Waals surface area contributed by atoms with E-state index >= 15 is 0 Å². The molecule has 0 unspecified atom stereocenters. The summed E-state index contributed by atoms with van der Waals surface area (Å²) in [7, 11) is 1.50. The molecule has 0 saturated heterocycles. The number of hydrogen-bond donors (Lipinski definition) is 0. The average Bonchev–Trinajstić information content (AvgIpc) is 2.04. The summed E-state index contributed by atoms with van der Waals surface area (Å²) in [6, 6.07) is 3.93. The maximum absolute atomic E-state index is 4.95. The second-order valence-corrected chi connectivity index (χ2v) is 3.48. The third kappa shape index (κ3) is 2.45. The molecule has 0 radical (unpaired) electrons. The van der Waals surface area contributed by atoms with Crippen LogP contribution >= 0.6 is 15.9 Å². The Morgan fingerprint density at radius 2 is 1.77 bits per heavy atom. The van der Waals surface area contributed by atoms with Gasteiger partial charge >= 0.3 is 0 Å². The molecule has 0 bridgehead atoms. The zero-order chi connectivity index (χ0) is 9.84. The molecule has 0 aromatic heterocycles. The summed E-state index contributed by atoms with van der Waals surface area (Å²) in [6.07, 6.45) is 0. The third-order valence-corrected chi connectivity index (χ3v) is 2.54. The van der Waals surface area contributed by atoms with E-state index < -0.39 is 0 Å². The van der Waals surface area contributed by atoms with E-state index in [4.69, 9.17) is 4.89 Å². The number of hydrogen-bond acceptors (Lipinski definition) is 2. The Morgan fingerprint density at radius 1 is 1.23 bits per heavy atom. The summed E-state index contributed by atoms with van der Waals surface area (Å²) in [6.45, 7) is 4.12. The Labute approximate surface area is 86.9 Å². The van der Waals surface area contributed by atoms with Crippen LogP contribution in [0.25, 0.3) is 0 Å². The van der Waals surface area contributed by atoms with Gasteiger partial charge in [0.1, 0.15) is 0 Å². The van der Waals surface area contributed by atoms with Gasteiger partial charge in [0.25, 0.3) is 0 Å². The fourth-order valence-electron chi connectivity index (χ4n) is 1.31. The number of halogens is 1. The minimum Gasteiger partial charge on any atom is -0.338 e. The van der Waals surface area contributed by atoms with E-state index in [2.05, 4.69) is 34.7 Å². The van der Waals surface area contributed by atoms with Gasteiger partial charge in [-0.3, -0.25) is 0 Å². The predicted molar refractivity (Wildman–Crippen MR) is 56.2 cm³/mol. The maximum Gasteiger partial charge on any atom is 0.165 e. The van der Waals surface area contributed by atoms with Crippen LogP contribution in [0.2, 0.25) is 0 Å². The monoisotopic (exact) mass is 244 g/mol. The summed E-state index contributed by atoms with van der Waals surface area (Å²) >= 11 is 3.45. The Bertz CT molecular complexity index is 274. The highest BCUT2D eigenvalue weighted by molar-refractivity contribution is 9.08. The summed E-state index contributed by atoms with van der Waals surface area (Å²) < 4.78 is 0. The van der Waals surface area contributed by atoms with Gasteiger partial charge < -0.3 is 4.89 Å². The third-order valence-electron chi connectivity index (χ3n) is 1.98. The van der Waals surface area contributed by atoms with Crippen molar-refractivity contribution in [3.8, 4) is 5.75 Å². The molecule has 3 heteroatoms. The summed E-state index contributed by atoms with van der Waals surface area (Å²) in [5, 5.41) is 0.873. The molecule has 0 heterocycles. The van der Waals surface area contributed by atoms with Crippen molar-refractivity contribution in [1.29, 1.82) is 0 Å². The van der Waals surface area contributed by atoms with Gasteiger partial charge in [-0.15, -0.1) is 0 Å². The van der Waals surface area contributed by atoms with E-state index in [9.17, 15) is 0 Å². The average molecular weight is 245 g/mol. The van der Waals surface area contributed by atoms with Crippen molar-refractivity contribution in [1.82, 2.24) is 0 Å². The Hall–Kier alpha value is -0.540. The Balaban J connectivity index is 3.05. The van der Waals surface area contributed by atoms with Gasteiger partial charge in [0, 0.05) is 5.33 Å². The van der Waals surface area contributed by atoms with Gasteiger partial charge in [-0.1, -0.05) is 15.9 Å². The largest absolute Gasteiger partial charge is 0.338 e. The first kappa shape index (κ1) is 10.5. The number of rotatable bonds is 3. The molecule has 0 saturated carbocycles. The molecule has 0 aliphatic heterocycles. The standard InChI is InChI=1S/C10H13BrO2/c1-7-4-9(13-12-3)5-8(2)10(7)6-11/h4-5H,6H2,1-3H3. The lowest BCUT2D eigenvalue weighted by Gasteiger charge is -2.09. The van der Waals surface area contributed by atoms with Crippen LogP contribution in [0.4, 0.5) is 0 Å². The van der Waals surface area contributed by atoms with Gasteiger partial charge in [0.15, 0.2) is 5.75 Å². The van der Waals surface area contributed by atoms with Crippen molar-refractivity contribution in [2.45, 2.75) is 19.2 Å². The van der Waals surface area contributed by atoms with Gasteiger partial charge in [0.2, 0.25) is 0 Å². The highest BCUT2D eigenvalue weighted by atomic mass is 79.9. The maximum atomic E-state index is 4.95. The van der Waals surface area contributed by atoms with Crippen LogP contribution in [0.15, 0.2) is 12.1 Å². The second kappa shape index (κ2) is 4.63. The van der Waals surface area contributed by atoms with Crippen molar-refractivity contribution in [3.63, 3.8) is 0 Å². The predicted octanol–water partition coefficient (Wildman–Crippen LogP) is 3.14. The molecule has 72 valence electrons. The quantitative estimate of drug-likeness (QED) is 0.462. The molecule has 1 rings (SSSR count). The molecule has 0 aliphatic rings. The number of alkyl halides is 1. The van der Waals surface area contributed by atoms with Gasteiger partial charge in [-0.05, 0) is 42.7 Å². The Kier molecular flexibility index (Phi) is 3.75. The summed E-state index contributed by atoms with van der Waals surface area (Å²) in [4.78, 5) is 9.55. The summed E-state index contributed by atoms with van der Waals surface area (Å²) in [5.74, 6) is 0.752. The normalized spacial score (nSPS) is 10.2. The topological polar surface area (TPSA) is 18.5 Å². The molecule has 0 aliphatic carbocycles. The van der Waals surface area contributed by atoms with Crippen LogP contribution in [-0.2, 0) is 10.2 Å². The molecular formula is C10H13BrO2. The van der Waals surface area contributed by atoms with E-state index in [1.54, 1.807) is 0 Å². The fourth-order valence-corrected chi connectivity index (χ4v) is 2.19. The number of benzene rings is 1. The lowest BCUT2D eigenvalue weighted by Crippen LogP contribution is -1.95. The van der Waals surface area contributed by atoms with Crippen molar-refractivity contribution in [2.75, 3.05) is 7.11 Å². The zero-order valence-corrected chi connectivity index (χ0v) is 9.64. The molecule has 1 aromatic carbocycles. The molecule has 2 nitrogen and oxygen atoms in total. The second-order valence-electron chi connectivity index (χ2n) is 2.92. The highest BCUT2D eigenvalue weighted by Crippen LogP contribution is 2.23. The molecule has 0 fully saturated rings. The van der Waals surface area contributed by atoms with E-state index in [1.165, 1.54) is 23.8 Å². The van der Waals surface area contributed by atoms with Crippen LogP contribution in [0.3, 0.4) is 0 Å². The van der Waals surface area contributed by atoms with Gasteiger partial charge in [0.05, 0.1) is 7.11 Å². The van der Waals surface area contributed by atoms with E-state index in [1.807, 2.05) is 12.1 Å². The van der Waals surface area contributed by atoms with Crippen LogP contribution < -0.4 is 4.89 Å². The molecule has 0 amide bonds. The highest BCUT2D eigenvalue weighted by Gasteiger charge is 2.04. The van der Waals surface area contributed by atoms with Crippen molar-refractivity contribution in [3.05, 3.63) is 28.8 Å². The van der Waals surface area contributed by atoms with E-state index in [0.717, 1.165) is 11.1 Å². The van der Waals surface area contributed by atoms with Crippen LogP contribution in [0.1, 0.15) is 16.7 Å². The van der Waals surface area contributed by atoms with Gasteiger partial charge in [-0.2, -0.15) is 4.89 Å². The zero-order valence-electron chi connectivity index (χ0n) is 8.06. The van der Waals surface area contributed by atoms with Crippen molar-refractivity contribution < 1.29 is 9.78 Å². The fraction of sp³-hybridized carbons (Fsp3) is 0.400. The molecule has 0 spiro atoms. The summed E-state index contributed by atoms with van der Waals surface area (Å²) in [5.41, 5.74) is 3.73. The number of aryl methyl sites for hydroxylation is 2. The minimum atomic E-state index is 0.752. The van der Waals surface area contributed by atoms with Crippen LogP contribution in [-0.4, -0.2) is 7.11 Å². The molecule has 0 N–H and O–H groups in total. The first-order valence-electron chi connectivity index (χ1n) is 4.05. The molecule has 0 atom stereocenters. The van der Waals surface area contributed by atoms with Gasteiger partial charge in [-0.25, -0.2) is 0 Å². The first-order valence-corrected chi connectivity index (χ1v) is 5.18. The SMILES string of the molecule is COOc1cc(C)c(CBr)c(C)c1.